The second kappa shape index (κ2) is 9.87. The predicted molar refractivity (Wildman–Crippen MR) is 89.6 cm³/mol. The summed E-state index contributed by atoms with van der Waals surface area (Å²) in [7, 11) is 0. The van der Waals surface area contributed by atoms with Crippen LogP contribution in [0.2, 0.25) is 0 Å². The molecule has 128 valence electrons. The Balaban J connectivity index is 2.50. The molecule has 1 amide bonds. The van der Waals surface area contributed by atoms with E-state index in [-0.39, 0.29) is 18.2 Å². The van der Waals surface area contributed by atoms with Gasteiger partial charge < -0.3 is 15.2 Å². The molecule has 0 aromatic heterocycles. The van der Waals surface area contributed by atoms with Crippen LogP contribution in [-0.4, -0.2) is 29.6 Å². The molecule has 0 fully saturated rings. The van der Waals surface area contributed by atoms with Crippen LogP contribution in [0.4, 0.5) is 0 Å². The number of hydrogen-bond acceptors (Lipinski definition) is 3. The van der Waals surface area contributed by atoms with Gasteiger partial charge in [0.1, 0.15) is 11.8 Å². The molecular weight excluding hydrogens is 294 g/mol. The SMILES string of the molecule is CCCOc1cccc(CCC(=O)NC(CC(C)C)C(=O)O)c1. The van der Waals surface area contributed by atoms with Gasteiger partial charge in [0.25, 0.3) is 0 Å². The predicted octanol–water partition coefficient (Wildman–Crippen LogP) is 3.02. The molecule has 0 radical (unpaired) electrons. The average molecular weight is 321 g/mol. The van der Waals surface area contributed by atoms with Crippen molar-refractivity contribution in [3.63, 3.8) is 0 Å². The molecule has 1 rings (SSSR count). The molecule has 23 heavy (non-hydrogen) atoms. The zero-order valence-corrected chi connectivity index (χ0v) is 14.2. The van der Waals surface area contributed by atoms with Crippen molar-refractivity contribution in [1.82, 2.24) is 5.32 Å². The van der Waals surface area contributed by atoms with Gasteiger partial charge in [0.15, 0.2) is 0 Å². The van der Waals surface area contributed by atoms with Crippen LogP contribution in [-0.2, 0) is 16.0 Å². The number of rotatable bonds is 10. The molecule has 1 atom stereocenters. The highest BCUT2D eigenvalue weighted by Gasteiger charge is 2.20. The van der Waals surface area contributed by atoms with E-state index in [4.69, 9.17) is 9.84 Å². The largest absolute Gasteiger partial charge is 0.494 e. The molecule has 2 N–H and O–H groups in total. The third kappa shape index (κ3) is 7.68. The molecule has 0 saturated carbocycles. The lowest BCUT2D eigenvalue weighted by Crippen LogP contribution is -2.41. The van der Waals surface area contributed by atoms with Gasteiger partial charge in [-0.25, -0.2) is 4.79 Å². The number of aryl methyl sites for hydroxylation is 1. The average Bonchev–Trinajstić information content (AvgIpc) is 2.50. The Hall–Kier alpha value is -2.04. The van der Waals surface area contributed by atoms with Crippen LogP contribution >= 0.6 is 0 Å². The number of ether oxygens (including phenoxy) is 1. The molecule has 0 bridgehead atoms. The lowest BCUT2D eigenvalue weighted by molar-refractivity contribution is -0.142. The van der Waals surface area contributed by atoms with Gasteiger partial charge >= 0.3 is 5.97 Å². The van der Waals surface area contributed by atoms with Crippen LogP contribution in [0.15, 0.2) is 24.3 Å². The van der Waals surface area contributed by atoms with Crippen molar-refractivity contribution >= 4 is 11.9 Å². The van der Waals surface area contributed by atoms with Gasteiger partial charge in [-0.3, -0.25) is 4.79 Å². The maximum absolute atomic E-state index is 12.0. The van der Waals surface area contributed by atoms with Gasteiger partial charge in [0.05, 0.1) is 6.61 Å². The molecule has 5 nitrogen and oxygen atoms in total. The fraction of sp³-hybridized carbons (Fsp3) is 0.556. The van der Waals surface area contributed by atoms with Crippen LogP contribution in [0.5, 0.6) is 5.75 Å². The molecule has 0 aliphatic heterocycles. The molecular formula is C18H27NO4. The highest BCUT2D eigenvalue weighted by atomic mass is 16.5. The third-order valence-corrected chi connectivity index (χ3v) is 3.35. The Bertz CT molecular complexity index is 513. The number of carbonyl (C=O) groups excluding carboxylic acids is 1. The van der Waals surface area contributed by atoms with Gasteiger partial charge in [-0.15, -0.1) is 0 Å². The lowest BCUT2D eigenvalue weighted by Gasteiger charge is -2.16. The standard InChI is InChI=1S/C18H27NO4/c1-4-10-23-15-7-5-6-14(12-15)8-9-17(20)19-16(18(21)22)11-13(2)3/h5-7,12-13,16H,4,8-11H2,1-3H3,(H,19,20)(H,21,22). The van der Waals surface area contributed by atoms with E-state index in [0.717, 1.165) is 17.7 Å². The van der Waals surface area contributed by atoms with Crippen LogP contribution in [0, 0.1) is 5.92 Å². The summed E-state index contributed by atoms with van der Waals surface area (Å²) < 4.78 is 5.56. The number of benzene rings is 1. The fourth-order valence-corrected chi connectivity index (χ4v) is 2.23. The van der Waals surface area contributed by atoms with Crippen molar-refractivity contribution in [2.45, 2.75) is 52.5 Å². The van der Waals surface area contributed by atoms with Crippen molar-refractivity contribution in [3.05, 3.63) is 29.8 Å². The minimum atomic E-state index is -0.984. The molecule has 1 aromatic rings. The summed E-state index contributed by atoms with van der Waals surface area (Å²) in [5.41, 5.74) is 1.00. The van der Waals surface area contributed by atoms with Crippen LogP contribution in [0.1, 0.15) is 45.6 Å². The number of amides is 1. The second-order valence-electron chi connectivity index (χ2n) is 6.08. The first-order chi connectivity index (χ1) is 10.9. The van der Waals surface area contributed by atoms with Gasteiger partial charge in [-0.05, 0) is 42.9 Å². The summed E-state index contributed by atoms with van der Waals surface area (Å²) in [4.78, 5) is 23.1. The molecule has 5 heteroatoms. The molecule has 1 aromatic carbocycles. The first-order valence-corrected chi connectivity index (χ1v) is 8.16. The van der Waals surface area contributed by atoms with Crippen molar-refractivity contribution in [2.24, 2.45) is 5.92 Å². The van der Waals surface area contributed by atoms with Crippen molar-refractivity contribution in [1.29, 1.82) is 0 Å². The highest BCUT2D eigenvalue weighted by molar-refractivity contribution is 5.83. The first kappa shape index (κ1) is 19.0. The van der Waals surface area contributed by atoms with E-state index in [2.05, 4.69) is 5.32 Å². The van der Waals surface area contributed by atoms with E-state index in [9.17, 15) is 9.59 Å². The van der Waals surface area contributed by atoms with Crippen LogP contribution in [0.25, 0.3) is 0 Å². The van der Waals surface area contributed by atoms with Crippen LogP contribution < -0.4 is 10.1 Å². The van der Waals surface area contributed by atoms with E-state index in [1.807, 2.05) is 45.0 Å². The number of carboxylic acid groups (broad SMARTS) is 1. The fourth-order valence-electron chi connectivity index (χ4n) is 2.23. The summed E-state index contributed by atoms with van der Waals surface area (Å²) in [6, 6.07) is 6.83. The first-order valence-electron chi connectivity index (χ1n) is 8.16. The summed E-state index contributed by atoms with van der Waals surface area (Å²) in [6.45, 7) is 6.58. The monoisotopic (exact) mass is 321 g/mol. The van der Waals surface area contributed by atoms with Gasteiger partial charge in [-0.2, -0.15) is 0 Å². The van der Waals surface area contributed by atoms with Crippen LogP contribution in [0.3, 0.4) is 0 Å². The Labute approximate surface area is 138 Å². The van der Waals surface area contributed by atoms with E-state index >= 15 is 0 Å². The summed E-state index contributed by atoms with van der Waals surface area (Å²) in [5.74, 6) is -0.211. The summed E-state index contributed by atoms with van der Waals surface area (Å²) >= 11 is 0. The molecule has 0 aliphatic carbocycles. The van der Waals surface area contributed by atoms with E-state index in [0.29, 0.717) is 19.4 Å². The maximum Gasteiger partial charge on any atom is 0.326 e. The normalized spacial score (nSPS) is 12.0. The quantitative estimate of drug-likeness (QED) is 0.694. The zero-order chi connectivity index (χ0) is 17.2. The highest BCUT2D eigenvalue weighted by Crippen LogP contribution is 2.15. The number of hydrogen-bond donors (Lipinski definition) is 2. The van der Waals surface area contributed by atoms with Gasteiger partial charge in [-0.1, -0.05) is 32.9 Å². The Morgan fingerprint density at radius 3 is 2.65 bits per heavy atom. The third-order valence-electron chi connectivity index (χ3n) is 3.35. The number of aliphatic carboxylic acids is 1. The van der Waals surface area contributed by atoms with Gasteiger partial charge in [0.2, 0.25) is 5.91 Å². The minimum Gasteiger partial charge on any atom is -0.494 e. The zero-order valence-electron chi connectivity index (χ0n) is 14.2. The molecule has 0 spiro atoms. The van der Waals surface area contributed by atoms with Gasteiger partial charge in [0, 0.05) is 6.42 Å². The number of carboxylic acids is 1. The van der Waals surface area contributed by atoms with E-state index in [1.54, 1.807) is 0 Å². The molecule has 0 aliphatic rings. The van der Waals surface area contributed by atoms with E-state index < -0.39 is 12.0 Å². The van der Waals surface area contributed by atoms with Crippen molar-refractivity contribution in [3.8, 4) is 5.75 Å². The number of nitrogens with one attached hydrogen (secondary N) is 1. The minimum absolute atomic E-state index is 0.212. The summed E-state index contributed by atoms with van der Waals surface area (Å²) in [6.07, 6.45) is 2.20. The summed E-state index contributed by atoms with van der Waals surface area (Å²) in [5, 5.41) is 11.7. The Morgan fingerprint density at radius 2 is 2.04 bits per heavy atom. The lowest BCUT2D eigenvalue weighted by atomic mass is 10.0. The molecule has 1 unspecified atom stereocenters. The Morgan fingerprint density at radius 1 is 1.30 bits per heavy atom. The van der Waals surface area contributed by atoms with Crippen molar-refractivity contribution in [2.75, 3.05) is 6.61 Å². The van der Waals surface area contributed by atoms with Crippen molar-refractivity contribution < 1.29 is 19.4 Å². The second-order valence-corrected chi connectivity index (χ2v) is 6.08. The maximum atomic E-state index is 12.0. The number of carbonyl (C=O) groups is 2. The van der Waals surface area contributed by atoms with E-state index in [1.165, 1.54) is 0 Å². The molecule has 0 heterocycles. The smallest absolute Gasteiger partial charge is 0.326 e. The Kier molecular flexibility index (Phi) is 8.16. The molecule has 0 saturated heterocycles. The topological polar surface area (TPSA) is 75.6 Å².